The van der Waals surface area contributed by atoms with Crippen LogP contribution in [0.3, 0.4) is 0 Å². The second-order valence-corrected chi connectivity index (χ2v) is 6.32. The summed E-state index contributed by atoms with van der Waals surface area (Å²) < 4.78 is 6.25. The highest BCUT2D eigenvalue weighted by atomic mass is 79.9. The van der Waals surface area contributed by atoms with Crippen LogP contribution < -0.4 is 4.74 Å². The van der Waals surface area contributed by atoms with Crippen molar-refractivity contribution in [2.75, 3.05) is 14.2 Å². The molecule has 20 heavy (non-hydrogen) atoms. The first-order valence-corrected chi connectivity index (χ1v) is 8.03. The SMILES string of the molecule is COc1cc(Br)ccc1C(=O)N(C)C1CCCCCC1. The molecule has 1 aliphatic rings. The topological polar surface area (TPSA) is 29.5 Å². The summed E-state index contributed by atoms with van der Waals surface area (Å²) in [7, 11) is 3.52. The summed E-state index contributed by atoms with van der Waals surface area (Å²) in [5.74, 6) is 0.686. The molecule has 0 saturated heterocycles. The maximum Gasteiger partial charge on any atom is 0.257 e. The number of carbonyl (C=O) groups is 1. The number of amides is 1. The van der Waals surface area contributed by atoms with E-state index < -0.39 is 0 Å². The Morgan fingerprint density at radius 2 is 1.90 bits per heavy atom. The number of hydrogen-bond acceptors (Lipinski definition) is 2. The molecule has 110 valence electrons. The molecular formula is C16H22BrNO2. The Bertz CT molecular complexity index is 468. The molecule has 0 bridgehead atoms. The standard InChI is InChI=1S/C16H22BrNO2/c1-18(13-7-5-3-4-6-8-13)16(19)14-10-9-12(17)11-15(14)20-2/h9-11,13H,3-8H2,1-2H3. The molecule has 0 atom stereocenters. The van der Waals surface area contributed by atoms with Crippen LogP contribution in [0.25, 0.3) is 0 Å². The van der Waals surface area contributed by atoms with Crippen LogP contribution in [0.4, 0.5) is 0 Å². The van der Waals surface area contributed by atoms with Crippen molar-refractivity contribution in [1.29, 1.82) is 0 Å². The Morgan fingerprint density at radius 3 is 2.50 bits per heavy atom. The smallest absolute Gasteiger partial charge is 0.257 e. The van der Waals surface area contributed by atoms with Gasteiger partial charge in [-0.05, 0) is 31.0 Å². The van der Waals surface area contributed by atoms with E-state index in [1.807, 2.05) is 30.1 Å². The van der Waals surface area contributed by atoms with Gasteiger partial charge in [0.25, 0.3) is 5.91 Å². The number of rotatable bonds is 3. The molecule has 1 aliphatic carbocycles. The number of hydrogen-bond donors (Lipinski definition) is 0. The lowest BCUT2D eigenvalue weighted by atomic mass is 10.1. The summed E-state index contributed by atoms with van der Waals surface area (Å²) in [5, 5.41) is 0. The Kier molecular flexibility index (Phi) is 5.46. The molecule has 0 N–H and O–H groups in total. The van der Waals surface area contributed by atoms with Crippen LogP contribution >= 0.6 is 15.9 Å². The molecular weight excluding hydrogens is 318 g/mol. The van der Waals surface area contributed by atoms with Gasteiger partial charge in [-0.2, -0.15) is 0 Å². The zero-order valence-electron chi connectivity index (χ0n) is 12.2. The van der Waals surface area contributed by atoms with E-state index in [0.29, 0.717) is 17.4 Å². The lowest BCUT2D eigenvalue weighted by Crippen LogP contribution is -2.36. The van der Waals surface area contributed by atoms with Crippen molar-refractivity contribution >= 4 is 21.8 Å². The van der Waals surface area contributed by atoms with Crippen LogP contribution in [0.2, 0.25) is 0 Å². The minimum absolute atomic E-state index is 0.0567. The highest BCUT2D eigenvalue weighted by Gasteiger charge is 2.24. The Hall–Kier alpha value is -1.03. The molecule has 1 saturated carbocycles. The predicted molar refractivity (Wildman–Crippen MR) is 84.3 cm³/mol. The summed E-state index contributed by atoms with van der Waals surface area (Å²) in [5.41, 5.74) is 0.641. The Labute approximate surface area is 129 Å². The quantitative estimate of drug-likeness (QED) is 0.770. The first-order valence-electron chi connectivity index (χ1n) is 7.24. The van der Waals surface area contributed by atoms with Gasteiger partial charge in [0.05, 0.1) is 12.7 Å². The third kappa shape index (κ3) is 3.54. The van der Waals surface area contributed by atoms with E-state index in [-0.39, 0.29) is 5.91 Å². The van der Waals surface area contributed by atoms with Gasteiger partial charge in [0.1, 0.15) is 5.75 Å². The summed E-state index contributed by atoms with van der Waals surface area (Å²) >= 11 is 3.41. The molecule has 1 fully saturated rings. The van der Waals surface area contributed by atoms with Gasteiger partial charge in [0.15, 0.2) is 0 Å². The Morgan fingerprint density at radius 1 is 1.25 bits per heavy atom. The van der Waals surface area contributed by atoms with Crippen molar-refractivity contribution in [2.24, 2.45) is 0 Å². The van der Waals surface area contributed by atoms with Crippen molar-refractivity contribution in [1.82, 2.24) is 4.90 Å². The van der Waals surface area contributed by atoms with E-state index in [9.17, 15) is 4.79 Å². The van der Waals surface area contributed by atoms with Crippen LogP contribution in [0, 0.1) is 0 Å². The molecule has 1 aromatic rings. The second kappa shape index (κ2) is 7.11. The fourth-order valence-electron chi connectivity index (χ4n) is 2.84. The third-order valence-electron chi connectivity index (χ3n) is 4.09. The average Bonchev–Trinajstić information content (AvgIpc) is 2.74. The maximum atomic E-state index is 12.7. The lowest BCUT2D eigenvalue weighted by Gasteiger charge is -2.27. The number of halogens is 1. The van der Waals surface area contributed by atoms with E-state index in [1.165, 1.54) is 25.7 Å². The van der Waals surface area contributed by atoms with Gasteiger partial charge in [-0.3, -0.25) is 4.79 Å². The lowest BCUT2D eigenvalue weighted by molar-refractivity contribution is 0.0714. The molecule has 0 aromatic heterocycles. The minimum Gasteiger partial charge on any atom is -0.496 e. The van der Waals surface area contributed by atoms with Gasteiger partial charge in [0.2, 0.25) is 0 Å². The zero-order valence-corrected chi connectivity index (χ0v) is 13.8. The maximum absolute atomic E-state index is 12.7. The largest absolute Gasteiger partial charge is 0.496 e. The van der Waals surface area contributed by atoms with Crippen molar-refractivity contribution < 1.29 is 9.53 Å². The molecule has 1 aromatic carbocycles. The highest BCUT2D eigenvalue weighted by Crippen LogP contribution is 2.27. The van der Waals surface area contributed by atoms with E-state index in [4.69, 9.17) is 4.74 Å². The number of benzene rings is 1. The second-order valence-electron chi connectivity index (χ2n) is 5.41. The van der Waals surface area contributed by atoms with Crippen LogP contribution in [0.5, 0.6) is 5.75 Å². The molecule has 0 aliphatic heterocycles. The van der Waals surface area contributed by atoms with Gasteiger partial charge >= 0.3 is 0 Å². The molecule has 1 amide bonds. The van der Waals surface area contributed by atoms with Gasteiger partial charge < -0.3 is 9.64 Å². The van der Waals surface area contributed by atoms with Gasteiger partial charge in [-0.1, -0.05) is 41.6 Å². The number of ether oxygens (including phenoxy) is 1. The summed E-state index contributed by atoms with van der Waals surface area (Å²) in [4.78, 5) is 14.6. The molecule has 2 rings (SSSR count). The van der Waals surface area contributed by atoms with Crippen molar-refractivity contribution in [3.8, 4) is 5.75 Å². The molecule has 3 nitrogen and oxygen atoms in total. The summed E-state index contributed by atoms with van der Waals surface area (Å²) in [6.45, 7) is 0. The monoisotopic (exact) mass is 339 g/mol. The van der Waals surface area contributed by atoms with Crippen molar-refractivity contribution in [3.63, 3.8) is 0 Å². The van der Waals surface area contributed by atoms with E-state index in [2.05, 4.69) is 15.9 Å². The van der Waals surface area contributed by atoms with Crippen LogP contribution in [-0.4, -0.2) is 31.0 Å². The van der Waals surface area contributed by atoms with Crippen LogP contribution in [-0.2, 0) is 0 Å². The average molecular weight is 340 g/mol. The molecule has 0 unspecified atom stereocenters. The van der Waals surface area contributed by atoms with E-state index in [1.54, 1.807) is 7.11 Å². The molecule has 4 heteroatoms. The van der Waals surface area contributed by atoms with E-state index >= 15 is 0 Å². The predicted octanol–water partition coefficient (Wildman–Crippen LogP) is 4.25. The molecule has 0 spiro atoms. The van der Waals surface area contributed by atoms with Crippen molar-refractivity contribution in [3.05, 3.63) is 28.2 Å². The molecule has 0 heterocycles. The van der Waals surface area contributed by atoms with Crippen LogP contribution in [0.1, 0.15) is 48.9 Å². The number of nitrogens with zero attached hydrogens (tertiary/aromatic N) is 1. The zero-order chi connectivity index (χ0) is 14.5. The fraction of sp³-hybridized carbons (Fsp3) is 0.562. The van der Waals surface area contributed by atoms with Gasteiger partial charge in [-0.25, -0.2) is 0 Å². The first kappa shape index (κ1) is 15.4. The van der Waals surface area contributed by atoms with Gasteiger partial charge in [-0.15, -0.1) is 0 Å². The summed E-state index contributed by atoms with van der Waals surface area (Å²) in [6.07, 6.45) is 7.25. The Balaban J connectivity index is 2.17. The highest BCUT2D eigenvalue weighted by molar-refractivity contribution is 9.10. The van der Waals surface area contributed by atoms with Gasteiger partial charge in [0, 0.05) is 17.6 Å². The number of methoxy groups -OCH3 is 1. The minimum atomic E-state index is 0.0567. The number of carbonyl (C=O) groups excluding carboxylic acids is 1. The fourth-order valence-corrected chi connectivity index (χ4v) is 3.18. The summed E-state index contributed by atoms with van der Waals surface area (Å²) in [6, 6.07) is 5.92. The van der Waals surface area contributed by atoms with Crippen LogP contribution in [0.15, 0.2) is 22.7 Å². The first-order chi connectivity index (χ1) is 9.63. The van der Waals surface area contributed by atoms with E-state index in [0.717, 1.165) is 17.3 Å². The normalized spacial score (nSPS) is 16.6. The molecule has 0 radical (unpaired) electrons. The third-order valence-corrected chi connectivity index (χ3v) is 4.58. The van der Waals surface area contributed by atoms with Crippen molar-refractivity contribution in [2.45, 2.75) is 44.6 Å².